The number of ketones is 1. The Bertz CT molecular complexity index is 1020. The van der Waals surface area contributed by atoms with Crippen LogP contribution < -0.4 is 4.74 Å². The Hall–Kier alpha value is -1.72. The molecule has 0 bridgehead atoms. The minimum atomic E-state index is 0.222. The Balaban J connectivity index is 1.34. The Morgan fingerprint density at radius 1 is 1.27 bits per heavy atom. The minimum absolute atomic E-state index is 0.222. The topological polar surface area (TPSA) is 48.4 Å². The molecule has 0 radical (unpaired) electrons. The Labute approximate surface area is 202 Å². The third-order valence-corrected chi connectivity index (χ3v) is 10.00. The van der Waals surface area contributed by atoms with E-state index in [1.807, 2.05) is 20.2 Å². The number of nitrogens with zero attached hydrogens (tertiary/aromatic N) is 1. The molecule has 5 rings (SSSR count). The number of benzene rings is 1. The number of ether oxygens (including phenoxy) is 2. The third kappa shape index (κ3) is 4.16. The summed E-state index contributed by atoms with van der Waals surface area (Å²) in [5.74, 6) is 3.82. The maximum absolute atomic E-state index is 12.8. The highest BCUT2D eigenvalue weighted by Gasteiger charge is 2.58. The van der Waals surface area contributed by atoms with Crippen molar-refractivity contribution in [3.8, 4) is 5.75 Å². The molecule has 0 amide bonds. The molecule has 3 aliphatic carbocycles. The molecule has 178 valence electrons. The van der Waals surface area contributed by atoms with Crippen molar-refractivity contribution in [2.24, 2.45) is 23.2 Å². The molecule has 3 unspecified atom stereocenters. The second-order valence-electron chi connectivity index (χ2n) is 10.8. The number of Topliss-reactive ketones (excluding diaryl/α,β-unsaturated/α-hetero) is 1. The normalized spacial score (nSPS) is 32.7. The summed E-state index contributed by atoms with van der Waals surface area (Å²) < 4.78 is 11.6. The highest BCUT2D eigenvalue weighted by Crippen LogP contribution is 2.64. The molecule has 0 spiro atoms. The van der Waals surface area contributed by atoms with E-state index in [0.29, 0.717) is 48.4 Å². The number of aryl methyl sites for hydroxylation is 2. The number of hydrogen-bond acceptors (Lipinski definition) is 5. The van der Waals surface area contributed by atoms with Crippen LogP contribution in [0, 0.1) is 30.1 Å². The van der Waals surface area contributed by atoms with Crippen molar-refractivity contribution in [3.63, 3.8) is 0 Å². The molecule has 1 aromatic carbocycles. The monoisotopic (exact) mass is 467 g/mol. The molecule has 3 aliphatic rings. The van der Waals surface area contributed by atoms with Gasteiger partial charge in [0.2, 0.25) is 0 Å². The molecule has 6 atom stereocenters. The zero-order chi connectivity index (χ0) is 23.2. The fourth-order valence-electron chi connectivity index (χ4n) is 7.67. The van der Waals surface area contributed by atoms with Gasteiger partial charge in [-0.05, 0) is 97.8 Å². The van der Waals surface area contributed by atoms with Crippen molar-refractivity contribution in [3.05, 3.63) is 45.4 Å². The van der Waals surface area contributed by atoms with Gasteiger partial charge in [-0.2, -0.15) is 0 Å². The van der Waals surface area contributed by atoms with Crippen LogP contribution >= 0.6 is 11.3 Å². The van der Waals surface area contributed by atoms with E-state index in [4.69, 9.17) is 9.47 Å². The highest BCUT2D eigenvalue weighted by molar-refractivity contribution is 7.11. The highest BCUT2D eigenvalue weighted by atomic mass is 32.1. The smallest absolute Gasteiger partial charge is 0.139 e. The summed E-state index contributed by atoms with van der Waals surface area (Å²) in [4.78, 5) is 18.4. The van der Waals surface area contributed by atoms with Crippen molar-refractivity contribution >= 4 is 17.1 Å². The number of fused-ring (bicyclic) bond motifs is 5. The van der Waals surface area contributed by atoms with Crippen molar-refractivity contribution in [1.82, 2.24) is 4.98 Å². The number of thiazole rings is 1. The maximum atomic E-state index is 12.8. The van der Waals surface area contributed by atoms with E-state index >= 15 is 0 Å². The molecule has 33 heavy (non-hydrogen) atoms. The summed E-state index contributed by atoms with van der Waals surface area (Å²) in [6.07, 6.45) is 10.2. The molecule has 0 N–H and O–H groups in total. The molecular weight excluding hydrogens is 430 g/mol. The molecule has 0 aliphatic heterocycles. The lowest BCUT2D eigenvalue weighted by molar-refractivity contribution is -0.118. The number of methoxy groups -OCH3 is 2. The largest absolute Gasteiger partial charge is 0.497 e. The third-order valence-electron chi connectivity index (χ3n) is 9.09. The lowest BCUT2D eigenvalue weighted by Gasteiger charge is -2.52. The van der Waals surface area contributed by atoms with Crippen LogP contribution in [0.4, 0.5) is 0 Å². The minimum Gasteiger partial charge on any atom is -0.497 e. The summed E-state index contributed by atoms with van der Waals surface area (Å²) in [5.41, 5.74) is 3.25. The van der Waals surface area contributed by atoms with Gasteiger partial charge in [-0.3, -0.25) is 4.79 Å². The SMILES string of the molecule is COc1ccc2c(c1)CCC1C2CC[C@@]2(C)C1[C@H](CCC(=O)Cc1ncc(C)s1)C[C@@H]2OC. The summed E-state index contributed by atoms with van der Waals surface area (Å²) in [7, 11) is 3.64. The summed E-state index contributed by atoms with van der Waals surface area (Å²) in [6.45, 7) is 4.53. The van der Waals surface area contributed by atoms with Crippen molar-refractivity contribution in [1.29, 1.82) is 0 Å². The van der Waals surface area contributed by atoms with Gasteiger partial charge < -0.3 is 9.47 Å². The number of carbonyl (C=O) groups excluding carboxylic acids is 1. The molecule has 5 heteroatoms. The van der Waals surface area contributed by atoms with Gasteiger partial charge in [0.25, 0.3) is 0 Å². The predicted molar refractivity (Wildman–Crippen MR) is 132 cm³/mol. The van der Waals surface area contributed by atoms with Crippen LogP contribution in [0.15, 0.2) is 24.4 Å². The number of aromatic nitrogens is 1. The fourth-order valence-corrected chi connectivity index (χ4v) is 8.48. The summed E-state index contributed by atoms with van der Waals surface area (Å²) >= 11 is 1.65. The summed E-state index contributed by atoms with van der Waals surface area (Å²) in [6, 6.07) is 6.71. The molecule has 2 saturated carbocycles. The average molecular weight is 468 g/mol. The molecule has 2 fully saturated rings. The zero-order valence-electron chi connectivity index (χ0n) is 20.4. The van der Waals surface area contributed by atoms with Gasteiger partial charge in [0.05, 0.1) is 19.6 Å². The standard InChI is InChI=1S/C28H37NO3S/c1-17-16-29-26(33-17)15-20(30)7-5-19-14-25(32-4)28(2)12-11-23-22-10-8-21(31-3)13-18(22)6-9-24(23)27(19)28/h8,10,13,16,19,23-25,27H,5-7,9,11-12,14-15H2,1-4H3/t19-,23?,24?,25+,27?,28-/m1/s1. The first-order chi connectivity index (χ1) is 15.9. The first-order valence-electron chi connectivity index (χ1n) is 12.6. The van der Waals surface area contributed by atoms with E-state index in [1.54, 1.807) is 24.0 Å². The van der Waals surface area contributed by atoms with Crippen LogP contribution in [-0.2, 0) is 22.4 Å². The average Bonchev–Trinajstić information content (AvgIpc) is 3.36. The molecule has 0 saturated heterocycles. The second kappa shape index (κ2) is 9.14. The molecule has 1 heterocycles. The van der Waals surface area contributed by atoms with Crippen LogP contribution in [0.2, 0.25) is 0 Å². The van der Waals surface area contributed by atoms with Crippen LogP contribution in [0.25, 0.3) is 0 Å². The first-order valence-corrected chi connectivity index (χ1v) is 13.4. The van der Waals surface area contributed by atoms with E-state index in [9.17, 15) is 4.79 Å². The van der Waals surface area contributed by atoms with Crippen molar-refractivity contribution < 1.29 is 14.3 Å². The van der Waals surface area contributed by atoms with E-state index < -0.39 is 0 Å². The lowest BCUT2D eigenvalue weighted by atomic mass is 9.53. The Morgan fingerprint density at radius 2 is 2.12 bits per heavy atom. The molecular formula is C28H37NO3S. The van der Waals surface area contributed by atoms with Gasteiger partial charge in [0.15, 0.2) is 0 Å². The van der Waals surface area contributed by atoms with Gasteiger partial charge in [-0.1, -0.05) is 13.0 Å². The van der Waals surface area contributed by atoms with Gasteiger partial charge in [0, 0.05) is 24.6 Å². The van der Waals surface area contributed by atoms with Gasteiger partial charge in [0.1, 0.15) is 16.5 Å². The number of hydrogen-bond donors (Lipinski definition) is 0. The quantitative estimate of drug-likeness (QED) is 0.490. The van der Waals surface area contributed by atoms with Crippen LogP contribution in [0.1, 0.15) is 72.4 Å². The van der Waals surface area contributed by atoms with E-state index in [2.05, 4.69) is 30.1 Å². The van der Waals surface area contributed by atoms with Gasteiger partial charge >= 0.3 is 0 Å². The Kier molecular flexibility index (Phi) is 6.39. The predicted octanol–water partition coefficient (Wildman–Crippen LogP) is 6.15. The van der Waals surface area contributed by atoms with Crippen LogP contribution in [-0.4, -0.2) is 31.1 Å². The van der Waals surface area contributed by atoms with Crippen LogP contribution in [0.3, 0.4) is 0 Å². The second-order valence-corrected chi connectivity index (χ2v) is 12.1. The van der Waals surface area contributed by atoms with E-state index in [0.717, 1.165) is 30.0 Å². The molecule has 1 aromatic heterocycles. The van der Waals surface area contributed by atoms with Gasteiger partial charge in [-0.15, -0.1) is 11.3 Å². The zero-order valence-corrected chi connectivity index (χ0v) is 21.2. The van der Waals surface area contributed by atoms with Gasteiger partial charge in [-0.25, -0.2) is 4.98 Å². The fraction of sp³-hybridized carbons (Fsp3) is 0.643. The first kappa shape index (κ1) is 23.0. The van der Waals surface area contributed by atoms with E-state index in [-0.39, 0.29) is 5.41 Å². The van der Waals surface area contributed by atoms with Crippen molar-refractivity contribution in [2.45, 2.75) is 77.2 Å². The lowest BCUT2D eigenvalue weighted by Crippen LogP contribution is -2.45. The maximum Gasteiger partial charge on any atom is 0.139 e. The number of carbonyl (C=O) groups is 1. The Morgan fingerprint density at radius 3 is 2.85 bits per heavy atom. The van der Waals surface area contributed by atoms with Crippen molar-refractivity contribution in [2.75, 3.05) is 14.2 Å². The molecule has 4 nitrogen and oxygen atoms in total. The van der Waals surface area contributed by atoms with E-state index in [1.165, 1.54) is 29.7 Å². The summed E-state index contributed by atoms with van der Waals surface area (Å²) in [5, 5.41) is 0.959. The number of rotatable bonds is 7. The van der Waals surface area contributed by atoms with Crippen LogP contribution in [0.5, 0.6) is 5.75 Å². The molecule has 2 aromatic rings.